The quantitative estimate of drug-likeness (QED) is 0.601. The van der Waals surface area contributed by atoms with Crippen LogP contribution in [0.3, 0.4) is 0 Å². The highest BCUT2D eigenvalue weighted by Crippen LogP contribution is 2.29. The van der Waals surface area contributed by atoms with Gasteiger partial charge in [-0.2, -0.15) is 0 Å². The number of carbonyl (C=O) groups excluding carboxylic acids is 1. The molecule has 0 radical (unpaired) electrons. The first-order valence-corrected chi connectivity index (χ1v) is 11.0. The Morgan fingerprint density at radius 3 is 2.81 bits per heavy atom. The minimum Gasteiger partial charge on any atom is -0.477 e. The first kappa shape index (κ1) is 20.3. The molecule has 2 aliphatic heterocycles. The van der Waals surface area contributed by atoms with Gasteiger partial charge in [-0.3, -0.25) is 14.2 Å². The van der Waals surface area contributed by atoms with Crippen LogP contribution in [-0.4, -0.2) is 56.8 Å². The largest absolute Gasteiger partial charge is 0.477 e. The van der Waals surface area contributed by atoms with Gasteiger partial charge in [-0.05, 0) is 18.6 Å². The van der Waals surface area contributed by atoms with Crippen molar-refractivity contribution in [2.75, 3.05) is 24.6 Å². The number of ketones is 1. The number of Topliss-reactive ketones (excluding diaryl/α,β-unsaturated/α-hetero) is 1. The van der Waals surface area contributed by atoms with Crippen LogP contribution in [-0.2, 0) is 9.63 Å². The number of fused-ring (bicyclic) bond motifs is 1. The molecule has 1 saturated heterocycles. The Balaban J connectivity index is 1.49. The number of carboxylic acid groups (broad SMARTS) is 1. The van der Waals surface area contributed by atoms with E-state index in [1.165, 1.54) is 17.5 Å². The fourth-order valence-corrected chi connectivity index (χ4v) is 4.57. The summed E-state index contributed by atoms with van der Waals surface area (Å²) < 4.78 is 1.54. The molecule has 3 aromatic rings. The number of oxime groups is 1. The minimum atomic E-state index is -1.30. The zero-order valence-electron chi connectivity index (χ0n) is 17.1. The maximum atomic E-state index is 12.9. The van der Waals surface area contributed by atoms with Crippen molar-refractivity contribution in [2.45, 2.75) is 19.8 Å². The van der Waals surface area contributed by atoms with Crippen molar-refractivity contribution in [1.82, 2.24) is 14.5 Å². The van der Waals surface area contributed by atoms with E-state index in [-0.39, 0.29) is 22.7 Å². The lowest BCUT2D eigenvalue weighted by atomic mass is 9.91. The first-order chi connectivity index (χ1) is 15.4. The van der Waals surface area contributed by atoms with Gasteiger partial charge in [-0.15, -0.1) is 11.3 Å². The summed E-state index contributed by atoms with van der Waals surface area (Å²) in [6, 6.07) is 1.76. The molecular formula is C21H19N5O5S. The maximum absolute atomic E-state index is 12.9. The van der Waals surface area contributed by atoms with Crippen LogP contribution in [0.25, 0.3) is 16.2 Å². The number of carboxylic acids is 1. The van der Waals surface area contributed by atoms with E-state index < -0.39 is 11.4 Å². The number of carbonyl (C=O) groups is 2. The average molecular weight is 453 g/mol. The second-order valence-electron chi connectivity index (χ2n) is 7.84. The van der Waals surface area contributed by atoms with Crippen LogP contribution in [0.15, 0.2) is 33.8 Å². The van der Waals surface area contributed by atoms with Gasteiger partial charge in [0.2, 0.25) is 5.43 Å². The van der Waals surface area contributed by atoms with Gasteiger partial charge in [0.1, 0.15) is 23.8 Å². The van der Waals surface area contributed by atoms with Crippen LogP contribution in [0.2, 0.25) is 0 Å². The van der Waals surface area contributed by atoms with Crippen LogP contribution >= 0.6 is 11.3 Å². The molecular weight excluding hydrogens is 434 g/mol. The lowest BCUT2D eigenvalue weighted by Gasteiger charge is -2.39. The molecule has 0 spiro atoms. The fraction of sp³-hybridized carbons (Fsp3) is 0.333. The van der Waals surface area contributed by atoms with Crippen molar-refractivity contribution >= 4 is 45.7 Å². The summed E-state index contributed by atoms with van der Waals surface area (Å²) in [5, 5.41) is 15.9. The lowest BCUT2D eigenvalue weighted by molar-refractivity contribution is -0.122. The summed E-state index contributed by atoms with van der Waals surface area (Å²) in [5.41, 5.74) is 0.842. The maximum Gasteiger partial charge on any atom is 0.341 e. The third kappa shape index (κ3) is 3.44. The van der Waals surface area contributed by atoms with Gasteiger partial charge >= 0.3 is 5.97 Å². The summed E-state index contributed by atoms with van der Waals surface area (Å²) in [4.78, 5) is 52.9. The molecule has 10 nitrogen and oxygen atoms in total. The highest BCUT2D eigenvalue weighted by atomic mass is 32.1. The molecule has 1 fully saturated rings. The smallest absolute Gasteiger partial charge is 0.341 e. The van der Waals surface area contributed by atoms with Crippen LogP contribution in [0.4, 0.5) is 5.82 Å². The fourth-order valence-electron chi connectivity index (χ4n) is 3.95. The predicted molar refractivity (Wildman–Crippen MR) is 118 cm³/mol. The van der Waals surface area contributed by atoms with Gasteiger partial charge in [0.05, 0.1) is 17.0 Å². The molecule has 0 bridgehead atoms. The van der Waals surface area contributed by atoms with E-state index in [2.05, 4.69) is 15.1 Å². The number of aryl methyl sites for hydroxylation is 1. The van der Waals surface area contributed by atoms with Crippen molar-refractivity contribution in [3.8, 4) is 5.13 Å². The normalized spacial score (nSPS) is 16.0. The van der Waals surface area contributed by atoms with Gasteiger partial charge in [0.25, 0.3) is 0 Å². The van der Waals surface area contributed by atoms with Crippen molar-refractivity contribution < 1.29 is 19.5 Å². The van der Waals surface area contributed by atoms with Crippen LogP contribution < -0.4 is 10.3 Å². The van der Waals surface area contributed by atoms with Crippen molar-refractivity contribution in [3.63, 3.8) is 0 Å². The molecule has 1 N–H and O–H groups in total. The van der Waals surface area contributed by atoms with E-state index in [9.17, 15) is 19.5 Å². The SMILES string of the molecule is Cc1cc(N2CC(C(=O)CC3=NOCC3)C2)nc2c1c(=O)c(C(=O)O)cn2-c1nccs1. The van der Waals surface area contributed by atoms with Gasteiger partial charge in [-0.1, -0.05) is 5.16 Å². The first-order valence-electron chi connectivity index (χ1n) is 10.1. The Labute approximate surface area is 185 Å². The van der Waals surface area contributed by atoms with E-state index in [4.69, 9.17) is 4.84 Å². The number of aromatic nitrogens is 3. The van der Waals surface area contributed by atoms with Crippen LogP contribution in [0.1, 0.15) is 28.8 Å². The number of rotatable bonds is 6. The van der Waals surface area contributed by atoms with Crippen LogP contribution in [0, 0.1) is 12.8 Å². The van der Waals surface area contributed by atoms with Crippen molar-refractivity contribution in [1.29, 1.82) is 0 Å². The topological polar surface area (TPSA) is 127 Å². The van der Waals surface area contributed by atoms with E-state index in [0.29, 0.717) is 54.7 Å². The molecule has 0 amide bonds. The third-order valence-electron chi connectivity index (χ3n) is 5.71. The second-order valence-corrected chi connectivity index (χ2v) is 8.72. The monoisotopic (exact) mass is 453 g/mol. The molecule has 0 saturated carbocycles. The molecule has 32 heavy (non-hydrogen) atoms. The number of pyridine rings is 2. The summed E-state index contributed by atoms with van der Waals surface area (Å²) >= 11 is 1.31. The number of thiazole rings is 1. The molecule has 0 unspecified atom stereocenters. The highest BCUT2D eigenvalue weighted by molar-refractivity contribution is 7.12. The number of nitrogens with zero attached hydrogens (tertiary/aromatic N) is 5. The van der Waals surface area contributed by atoms with Crippen molar-refractivity contribution in [2.24, 2.45) is 11.1 Å². The third-order valence-corrected chi connectivity index (χ3v) is 6.48. The molecule has 5 rings (SSSR count). The predicted octanol–water partition coefficient (Wildman–Crippen LogP) is 2.02. The Kier molecular flexibility index (Phi) is 4.97. The molecule has 5 heterocycles. The van der Waals surface area contributed by atoms with E-state index >= 15 is 0 Å². The van der Waals surface area contributed by atoms with Gasteiger partial charge in [0.15, 0.2) is 10.8 Å². The lowest BCUT2D eigenvalue weighted by Crippen LogP contribution is -2.51. The van der Waals surface area contributed by atoms with E-state index in [1.807, 2.05) is 4.90 Å². The molecule has 0 aromatic carbocycles. The molecule has 3 aromatic heterocycles. The standard InChI is InChI=1S/C21H19N5O5S/c1-11-6-16(25-8-12(9-25)15(27)7-13-2-4-31-24-13)23-19-17(11)18(28)14(20(29)30)10-26(19)21-22-3-5-32-21/h3,5-6,10,12H,2,4,7-9H2,1H3,(H,29,30). The number of hydrogen-bond acceptors (Lipinski definition) is 9. The highest BCUT2D eigenvalue weighted by Gasteiger charge is 2.34. The summed E-state index contributed by atoms with van der Waals surface area (Å²) in [7, 11) is 0. The molecule has 0 aliphatic carbocycles. The zero-order valence-corrected chi connectivity index (χ0v) is 18.0. The second kappa shape index (κ2) is 7.83. The number of anilines is 1. The summed E-state index contributed by atoms with van der Waals surface area (Å²) in [6.07, 6.45) is 3.88. The van der Waals surface area contributed by atoms with E-state index in [1.54, 1.807) is 29.1 Å². The van der Waals surface area contributed by atoms with E-state index in [0.717, 1.165) is 5.71 Å². The average Bonchev–Trinajstić information content (AvgIpc) is 3.40. The summed E-state index contributed by atoms with van der Waals surface area (Å²) in [5.74, 6) is -0.638. The molecule has 164 valence electrons. The Morgan fingerprint density at radius 1 is 1.34 bits per heavy atom. The van der Waals surface area contributed by atoms with Gasteiger partial charge in [0, 0.05) is 43.7 Å². The summed E-state index contributed by atoms with van der Waals surface area (Å²) in [6.45, 7) is 3.34. The Morgan fingerprint density at radius 2 is 2.16 bits per heavy atom. The molecule has 11 heteroatoms. The van der Waals surface area contributed by atoms with Crippen LogP contribution in [0.5, 0.6) is 0 Å². The molecule has 0 atom stereocenters. The number of hydrogen-bond donors (Lipinski definition) is 1. The molecule has 2 aliphatic rings. The van der Waals surface area contributed by atoms with Crippen molar-refractivity contribution in [3.05, 3.63) is 45.2 Å². The zero-order chi connectivity index (χ0) is 22.4. The number of aromatic carboxylic acids is 1. The Hall–Kier alpha value is -3.60. The van der Waals surface area contributed by atoms with Gasteiger partial charge in [-0.25, -0.2) is 14.8 Å². The van der Waals surface area contributed by atoms with Gasteiger partial charge < -0.3 is 14.8 Å². The minimum absolute atomic E-state index is 0.105. The Bertz CT molecular complexity index is 1320.